The van der Waals surface area contributed by atoms with Crippen molar-refractivity contribution < 1.29 is 9.50 Å². The quantitative estimate of drug-likeness (QED) is 0.794. The molecule has 0 amide bonds. The second kappa shape index (κ2) is 5.88. The van der Waals surface area contributed by atoms with Gasteiger partial charge in [0.05, 0.1) is 12.1 Å². The maximum Gasteiger partial charge on any atom is 0.123 e. The second-order valence-electron chi connectivity index (χ2n) is 5.63. The van der Waals surface area contributed by atoms with Crippen molar-refractivity contribution >= 4 is 5.69 Å². The van der Waals surface area contributed by atoms with Crippen LogP contribution >= 0.6 is 0 Å². The van der Waals surface area contributed by atoms with Crippen molar-refractivity contribution in [1.29, 1.82) is 0 Å². The molecule has 2 N–H and O–H groups in total. The van der Waals surface area contributed by atoms with Gasteiger partial charge in [-0.3, -0.25) is 0 Å². The molecule has 1 saturated carbocycles. The average molecular weight is 266 g/mol. The number of nitrogens with one attached hydrogen (secondary N) is 1. The lowest BCUT2D eigenvalue weighted by atomic mass is 10.0. The van der Waals surface area contributed by atoms with Gasteiger partial charge in [0.2, 0.25) is 0 Å². The van der Waals surface area contributed by atoms with Crippen LogP contribution in [0.15, 0.2) is 24.3 Å². The molecule has 0 spiro atoms. The van der Waals surface area contributed by atoms with Gasteiger partial charge in [0.25, 0.3) is 0 Å². The molecular formula is C15H23FN2O. The van der Waals surface area contributed by atoms with Crippen LogP contribution in [-0.2, 0) is 0 Å². The fraction of sp³-hybridized carbons (Fsp3) is 0.600. The molecule has 0 radical (unpaired) electrons. The summed E-state index contributed by atoms with van der Waals surface area (Å²) in [6.07, 6.45) is 2.39. The molecule has 1 fully saturated rings. The summed E-state index contributed by atoms with van der Waals surface area (Å²) < 4.78 is 13.0. The van der Waals surface area contributed by atoms with Gasteiger partial charge in [-0.05, 0) is 51.0 Å². The Hall–Kier alpha value is -1.13. The van der Waals surface area contributed by atoms with E-state index >= 15 is 0 Å². The third kappa shape index (κ3) is 3.91. The van der Waals surface area contributed by atoms with Gasteiger partial charge in [0.1, 0.15) is 5.82 Å². The van der Waals surface area contributed by atoms with E-state index in [1.807, 2.05) is 6.92 Å². The van der Waals surface area contributed by atoms with Crippen LogP contribution in [0, 0.1) is 5.82 Å². The Kier molecular flexibility index (Phi) is 4.42. The summed E-state index contributed by atoms with van der Waals surface area (Å²) in [4.78, 5) is 2.16. The number of rotatable bonds is 7. The number of aliphatic hydroxyl groups excluding tert-OH is 1. The van der Waals surface area contributed by atoms with E-state index in [1.165, 1.54) is 25.0 Å². The monoisotopic (exact) mass is 266 g/mol. The topological polar surface area (TPSA) is 35.5 Å². The lowest BCUT2D eigenvalue weighted by Crippen LogP contribution is -2.55. The van der Waals surface area contributed by atoms with Crippen LogP contribution in [0.4, 0.5) is 10.1 Å². The van der Waals surface area contributed by atoms with E-state index in [4.69, 9.17) is 0 Å². The second-order valence-corrected chi connectivity index (χ2v) is 5.63. The molecule has 0 heterocycles. The molecule has 2 rings (SSSR count). The van der Waals surface area contributed by atoms with Crippen LogP contribution in [-0.4, -0.2) is 36.4 Å². The molecule has 19 heavy (non-hydrogen) atoms. The third-order valence-corrected chi connectivity index (χ3v) is 3.59. The van der Waals surface area contributed by atoms with Crippen LogP contribution in [0.1, 0.15) is 26.7 Å². The van der Waals surface area contributed by atoms with Gasteiger partial charge in [-0.25, -0.2) is 4.39 Å². The summed E-state index contributed by atoms with van der Waals surface area (Å²) in [6.45, 7) is 5.74. The molecule has 1 atom stereocenters. The fourth-order valence-corrected chi connectivity index (χ4v) is 2.32. The van der Waals surface area contributed by atoms with E-state index in [0.29, 0.717) is 12.6 Å². The first-order valence-corrected chi connectivity index (χ1v) is 6.95. The Morgan fingerprint density at radius 2 is 2.00 bits per heavy atom. The zero-order valence-electron chi connectivity index (χ0n) is 11.7. The molecule has 0 bridgehead atoms. The first kappa shape index (κ1) is 14.3. The number of anilines is 1. The third-order valence-electron chi connectivity index (χ3n) is 3.59. The normalized spacial score (nSPS) is 18.1. The molecule has 3 nitrogen and oxygen atoms in total. The van der Waals surface area contributed by atoms with E-state index in [1.54, 1.807) is 12.1 Å². The van der Waals surface area contributed by atoms with Crippen molar-refractivity contribution in [2.24, 2.45) is 0 Å². The summed E-state index contributed by atoms with van der Waals surface area (Å²) in [5.41, 5.74) is 0.673. The van der Waals surface area contributed by atoms with Crippen molar-refractivity contribution in [2.75, 3.05) is 24.6 Å². The SMILES string of the molecule is CCN(CC(C)(CO)NC1CC1)c1ccc(F)cc1. The average Bonchev–Trinajstić information content (AvgIpc) is 3.21. The van der Waals surface area contributed by atoms with Gasteiger partial charge in [-0.2, -0.15) is 0 Å². The lowest BCUT2D eigenvalue weighted by molar-refractivity contribution is 0.176. The highest BCUT2D eigenvalue weighted by Crippen LogP contribution is 2.24. The predicted octanol–water partition coefficient (Wildman–Crippen LogP) is 2.15. The molecule has 0 aromatic heterocycles. The van der Waals surface area contributed by atoms with Gasteiger partial charge >= 0.3 is 0 Å². The number of hydrogen-bond acceptors (Lipinski definition) is 3. The molecule has 0 saturated heterocycles. The van der Waals surface area contributed by atoms with Crippen LogP contribution in [0.3, 0.4) is 0 Å². The number of nitrogens with zero attached hydrogens (tertiary/aromatic N) is 1. The molecular weight excluding hydrogens is 243 g/mol. The summed E-state index contributed by atoms with van der Waals surface area (Å²) in [5, 5.41) is 13.1. The highest BCUT2D eigenvalue weighted by Gasteiger charge is 2.33. The van der Waals surface area contributed by atoms with Crippen molar-refractivity contribution in [3.8, 4) is 0 Å². The summed E-state index contributed by atoms with van der Waals surface area (Å²) in [6, 6.07) is 7.07. The fourth-order valence-electron chi connectivity index (χ4n) is 2.32. The number of benzene rings is 1. The lowest BCUT2D eigenvalue weighted by Gasteiger charge is -2.36. The molecule has 4 heteroatoms. The number of aliphatic hydroxyl groups is 1. The zero-order chi connectivity index (χ0) is 13.9. The minimum atomic E-state index is -0.314. The van der Waals surface area contributed by atoms with Gasteiger partial charge in [-0.1, -0.05) is 0 Å². The van der Waals surface area contributed by atoms with Crippen molar-refractivity contribution in [3.63, 3.8) is 0 Å². The van der Waals surface area contributed by atoms with Crippen LogP contribution in [0.25, 0.3) is 0 Å². The van der Waals surface area contributed by atoms with E-state index in [-0.39, 0.29) is 18.0 Å². The Bertz CT molecular complexity index is 405. The molecule has 0 aliphatic heterocycles. The number of halogens is 1. The molecule has 1 aromatic rings. The smallest absolute Gasteiger partial charge is 0.123 e. The van der Waals surface area contributed by atoms with Crippen molar-refractivity contribution in [2.45, 2.75) is 38.3 Å². The van der Waals surface area contributed by atoms with E-state index in [2.05, 4.69) is 17.1 Å². The summed E-state index contributed by atoms with van der Waals surface area (Å²) >= 11 is 0. The van der Waals surface area contributed by atoms with Gasteiger partial charge in [-0.15, -0.1) is 0 Å². The van der Waals surface area contributed by atoms with Crippen LogP contribution < -0.4 is 10.2 Å². The maximum absolute atomic E-state index is 13.0. The minimum Gasteiger partial charge on any atom is -0.394 e. The maximum atomic E-state index is 13.0. The molecule has 1 aromatic carbocycles. The number of hydrogen-bond donors (Lipinski definition) is 2. The Labute approximate surface area is 114 Å². The highest BCUT2D eigenvalue weighted by atomic mass is 19.1. The highest BCUT2D eigenvalue weighted by molar-refractivity contribution is 5.46. The van der Waals surface area contributed by atoms with Gasteiger partial charge in [0.15, 0.2) is 0 Å². The van der Waals surface area contributed by atoms with Crippen molar-refractivity contribution in [3.05, 3.63) is 30.1 Å². The van der Waals surface area contributed by atoms with Gasteiger partial charge < -0.3 is 15.3 Å². The molecule has 1 aliphatic rings. The Balaban J connectivity index is 2.05. The summed E-state index contributed by atoms with van der Waals surface area (Å²) in [7, 11) is 0. The zero-order valence-corrected chi connectivity index (χ0v) is 11.7. The standard InChI is InChI=1S/C15H23FN2O/c1-3-18(14-8-4-12(16)5-9-14)10-15(2,11-19)17-13-6-7-13/h4-5,8-9,13,17,19H,3,6-7,10-11H2,1-2H3. The van der Waals surface area contributed by atoms with Crippen LogP contribution in [0.5, 0.6) is 0 Å². The Morgan fingerprint density at radius 3 is 2.47 bits per heavy atom. The molecule has 1 aliphatic carbocycles. The minimum absolute atomic E-state index is 0.0984. The first-order chi connectivity index (χ1) is 9.06. The van der Waals surface area contributed by atoms with E-state index in [0.717, 1.165) is 12.2 Å². The predicted molar refractivity (Wildman–Crippen MR) is 75.9 cm³/mol. The largest absolute Gasteiger partial charge is 0.394 e. The Morgan fingerprint density at radius 1 is 1.37 bits per heavy atom. The van der Waals surface area contributed by atoms with Crippen LogP contribution in [0.2, 0.25) is 0 Å². The van der Waals surface area contributed by atoms with E-state index < -0.39 is 0 Å². The first-order valence-electron chi connectivity index (χ1n) is 6.95. The summed E-state index contributed by atoms with van der Waals surface area (Å²) in [5.74, 6) is -0.221. The molecule has 106 valence electrons. The molecule has 1 unspecified atom stereocenters. The van der Waals surface area contributed by atoms with Gasteiger partial charge in [0, 0.05) is 24.8 Å². The van der Waals surface area contributed by atoms with E-state index in [9.17, 15) is 9.50 Å². The van der Waals surface area contributed by atoms with Crippen molar-refractivity contribution in [1.82, 2.24) is 5.32 Å². The number of likely N-dealkylation sites (N-methyl/N-ethyl adjacent to an activating group) is 1.